The van der Waals surface area contributed by atoms with E-state index in [0.717, 1.165) is 17.3 Å². The van der Waals surface area contributed by atoms with Crippen LogP contribution in [0, 0.1) is 12.8 Å². The molecule has 1 aromatic heterocycles. The van der Waals surface area contributed by atoms with E-state index < -0.39 is 0 Å². The first-order valence-electron chi connectivity index (χ1n) is 3.97. The molecule has 0 aliphatic heterocycles. The second-order valence-corrected chi connectivity index (χ2v) is 4.41. The molecule has 0 aromatic carbocycles. The van der Waals surface area contributed by atoms with Gasteiger partial charge in [-0.2, -0.15) is 0 Å². The third kappa shape index (κ3) is 2.97. The first-order chi connectivity index (χ1) is 5.18. The maximum absolute atomic E-state index is 4.06. The summed E-state index contributed by atoms with van der Waals surface area (Å²) in [5.41, 5.74) is 0. The fourth-order valence-corrected chi connectivity index (χ4v) is 1.57. The zero-order chi connectivity index (χ0) is 8.27. The van der Waals surface area contributed by atoms with Gasteiger partial charge >= 0.3 is 0 Å². The summed E-state index contributed by atoms with van der Waals surface area (Å²) in [6.07, 6.45) is 2.30. The van der Waals surface area contributed by atoms with Gasteiger partial charge in [-0.25, -0.2) is 0 Å². The van der Waals surface area contributed by atoms with Crippen molar-refractivity contribution in [3.05, 3.63) is 10.0 Å². The Labute approximate surface area is 71.7 Å². The Hall–Kier alpha value is -0.440. The molecule has 0 unspecified atom stereocenters. The van der Waals surface area contributed by atoms with Crippen LogP contribution in [0.2, 0.25) is 0 Å². The second kappa shape index (κ2) is 3.81. The molecule has 3 heteroatoms. The second-order valence-electron chi connectivity index (χ2n) is 3.15. The van der Waals surface area contributed by atoms with Gasteiger partial charge in [0.15, 0.2) is 0 Å². The van der Waals surface area contributed by atoms with Crippen LogP contribution in [0.5, 0.6) is 0 Å². The largest absolute Gasteiger partial charge is 0.144 e. The highest BCUT2D eigenvalue weighted by Crippen LogP contribution is 2.12. The SMILES string of the molecule is Cc1nnc(CCC(C)C)s1. The number of rotatable bonds is 3. The Balaban J connectivity index is 2.39. The summed E-state index contributed by atoms with van der Waals surface area (Å²) in [5, 5.41) is 10.3. The van der Waals surface area contributed by atoms with Gasteiger partial charge in [-0.1, -0.05) is 13.8 Å². The normalized spacial score (nSPS) is 10.9. The molecule has 0 saturated heterocycles. The van der Waals surface area contributed by atoms with Crippen LogP contribution in [0.15, 0.2) is 0 Å². The van der Waals surface area contributed by atoms with Crippen molar-refractivity contribution in [2.75, 3.05) is 0 Å². The number of hydrogen-bond donors (Lipinski definition) is 0. The molecule has 0 aliphatic rings. The average Bonchev–Trinajstić information content (AvgIpc) is 2.31. The van der Waals surface area contributed by atoms with Crippen LogP contribution in [-0.4, -0.2) is 10.2 Å². The Morgan fingerprint density at radius 2 is 2.09 bits per heavy atom. The smallest absolute Gasteiger partial charge is 0.117 e. The summed E-state index contributed by atoms with van der Waals surface area (Å²) in [5.74, 6) is 0.763. The van der Waals surface area contributed by atoms with Crippen LogP contribution in [0.25, 0.3) is 0 Å². The molecule has 2 nitrogen and oxygen atoms in total. The fourth-order valence-electron chi connectivity index (χ4n) is 0.851. The van der Waals surface area contributed by atoms with Gasteiger partial charge in [-0.3, -0.25) is 0 Å². The Bertz CT molecular complexity index is 218. The molecule has 0 radical (unpaired) electrons. The molecule has 0 bridgehead atoms. The summed E-state index contributed by atoms with van der Waals surface area (Å²) < 4.78 is 0. The van der Waals surface area contributed by atoms with Gasteiger partial charge < -0.3 is 0 Å². The summed E-state index contributed by atoms with van der Waals surface area (Å²) in [6.45, 7) is 6.46. The van der Waals surface area contributed by atoms with Gasteiger partial charge in [-0.05, 0) is 19.3 Å². The minimum Gasteiger partial charge on any atom is -0.144 e. The van der Waals surface area contributed by atoms with E-state index in [-0.39, 0.29) is 0 Å². The van der Waals surface area contributed by atoms with Crippen LogP contribution < -0.4 is 0 Å². The molecule has 0 saturated carbocycles. The molecule has 0 fully saturated rings. The minimum atomic E-state index is 0.763. The summed E-state index contributed by atoms with van der Waals surface area (Å²) in [6, 6.07) is 0. The van der Waals surface area contributed by atoms with E-state index in [9.17, 15) is 0 Å². The van der Waals surface area contributed by atoms with Crippen molar-refractivity contribution in [3.8, 4) is 0 Å². The monoisotopic (exact) mass is 170 g/mol. The van der Waals surface area contributed by atoms with E-state index >= 15 is 0 Å². The van der Waals surface area contributed by atoms with Gasteiger partial charge in [0, 0.05) is 6.42 Å². The van der Waals surface area contributed by atoms with Crippen molar-refractivity contribution >= 4 is 11.3 Å². The Morgan fingerprint density at radius 1 is 1.36 bits per heavy atom. The van der Waals surface area contributed by atoms with Crippen molar-refractivity contribution < 1.29 is 0 Å². The van der Waals surface area contributed by atoms with Crippen molar-refractivity contribution in [2.24, 2.45) is 5.92 Å². The van der Waals surface area contributed by atoms with E-state index in [1.807, 2.05) is 6.92 Å². The zero-order valence-electron chi connectivity index (χ0n) is 7.29. The molecular weight excluding hydrogens is 156 g/mol. The van der Waals surface area contributed by atoms with E-state index in [1.165, 1.54) is 11.4 Å². The number of aryl methyl sites for hydroxylation is 2. The number of nitrogens with zero attached hydrogens (tertiary/aromatic N) is 2. The fraction of sp³-hybridized carbons (Fsp3) is 0.750. The summed E-state index contributed by atoms with van der Waals surface area (Å²) in [7, 11) is 0. The van der Waals surface area contributed by atoms with E-state index in [2.05, 4.69) is 24.0 Å². The molecule has 1 heterocycles. The predicted molar refractivity (Wildman–Crippen MR) is 47.8 cm³/mol. The van der Waals surface area contributed by atoms with Crippen molar-refractivity contribution in [3.63, 3.8) is 0 Å². The average molecular weight is 170 g/mol. The lowest BCUT2D eigenvalue weighted by atomic mass is 10.1. The molecule has 11 heavy (non-hydrogen) atoms. The molecule has 0 amide bonds. The van der Waals surface area contributed by atoms with Crippen LogP contribution in [0.4, 0.5) is 0 Å². The molecule has 0 spiro atoms. The van der Waals surface area contributed by atoms with Gasteiger partial charge in [-0.15, -0.1) is 21.5 Å². The molecule has 0 aliphatic carbocycles. The predicted octanol–water partition coefficient (Wildman–Crippen LogP) is 2.44. The first-order valence-corrected chi connectivity index (χ1v) is 4.79. The summed E-state index contributed by atoms with van der Waals surface area (Å²) in [4.78, 5) is 0. The summed E-state index contributed by atoms with van der Waals surface area (Å²) >= 11 is 1.71. The van der Waals surface area contributed by atoms with Crippen molar-refractivity contribution in [2.45, 2.75) is 33.6 Å². The first kappa shape index (κ1) is 8.65. The highest BCUT2D eigenvalue weighted by molar-refractivity contribution is 7.11. The van der Waals surface area contributed by atoms with E-state index in [1.54, 1.807) is 11.3 Å². The van der Waals surface area contributed by atoms with E-state index in [0.29, 0.717) is 0 Å². The Kier molecular flexibility index (Phi) is 3.00. The minimum absolute atomic E-state index is 0.763. The van der Waals surface area contributed by atoms with Gasteiger partial charge in [0.2, 0.25) is 0 Å². The van der Waals surface area contributed by atoms with Crippen molar-refractivity contribution in [1.82, 2.24) is 10.2 Å². The topological polar surface area (TPSA) is 25.8 Å². The molecular formula is C8H14N2S. The number of aromatic nitrogens is 2. The standard InChI is InChI=1S/C8H14N2S/c1-6(2)4-5-8-10-9-7(3)11-8/h6H,4-5H2,1-3H3. The molecule has 62 valence electrons. The quantitative estimate of drug-likeness (QED) is 0.696. The van der Waals surface area contributed by atoms with Crippen LogP contribution in [0.3, 0.4) is 0 Å². The van der Waals surface area contributed by atoms with Crippen LogP contribution >= 0.6 is 11.3 Å². The van der Waals surface area contributed by atoms with E-state index in [4.69, 9.17) is 0 Å². The van der Waals surface area contributed by atoms with Gasteiger partial charge in [0.1, 0.15) is 10.0 Å². The number of hydrogen-bond acceptors (Lipinski definition) is 3. The van der Waals surface area contributed by atoms with Gasteiger partial charge in [0.25, 0.3) is 0 Å². The third-order valence-electron chi connectivity index (χ3n) is 1.50. The Morgan fingerprint density at radius 3 is 2.55 bits per heavy atom. The lowest BCUT2D eigenvalue weighted by Gasteiger charge is -1.99. The molecule has 0 N–H and O–H groups in total. The third-order valence-corrected chi connectivity index (χ3v) is 2.40. The molecule has 1 rings (SSSR count). The highest BCUT2D eigenvalue weighted by Gasteiger charge is 2.01. The zero-order valence-corrected chi connectivity index (χ0v) is 8.11. The maximum Gasteiger partial charge on any atom is 0.117 e. The molecule has 1 aromatic rings. The lowest BCUT2D eigenvalue weighted by molar-refractivity contribution is 0.583. The lowest BCUT2D eigenvalue weighted by Crippen LogP contribution is -1.91. The van der Waals surface area contributed by atoms with Crippen LogP contribution in [0.1, 0.15) is 30.3 Å². The molecule has 0 atom stereocenters. The van der Waals surface area contributed by atoms with Crippen LogP contribution in [-0.2, 0) is 6.42 Å². The maximum atomic E-state index is 4.06. The van der Waals surface area contributed by atoms with Gasteiger partial charge in [0.05, 0.1) is 0 Å². The van der Waals surface area contributed by atoms with Crippen molar-refractivity contribution in [1.29, 1.82) is 0 Å². The highest BCUT2D eigenvalue weighted by atomic mass is 32.1.